The summed E-state index contributed by atoms with van der Waals surface area (Å²) in [5, 5.41) is 10.4. The highest BCUT2D eigenvalue weighted by Crippen LogP contribution is 2.41. The molecule has 0 amide bonds. The standard InChI is InChI=1S/C13H12N2OS/c16-13(10-8-14-5-6-15-10)12-7-9-3-1-2-4-11(9)17-12/h1-6,8,12-13,16H,7H2. The van der Waals surface area contributed by atoms with E-state index in [9.17, 15) is 5.11 Å². The Morgan fingerprint density at radius 1 is 1.29 bits per heavy atom. The molecule has 3 rings (SSSR count). The third-order valence-corrected chi connectivity index (χ3v) is 4.29. The lowest BCUT2D eigenvalue weighted by atomic mass is 10.1. The minimum absolute atomic E-state index is 0.143. The topological polar surface area (TPSA) is 46.0 Å². The molecule has 4 heteroatoms. The van der Waals surface area contributed by atoms with Crippen molar-refractivity contribution in [1.29, 1.82) is 0 Å². The average molecular weight is 244 g/mol. The summed E-state index contributed by atoms with van der Waals surface area (Å²) in [4.78, 5) is 9.42. The molecule has 1 aromatic heterocycles. The molecular formula is C13H12N2OS. The minimum atomic E-state index is -0.555. The maximum Gasteiger partial charge on any atom is 0.110 e. The van der Waals surface area contributed by atoms with E-state index in [1.165, 1.54) is 10.5 Å². The number of aliphatic hydroxyl groups is 1. The molecule has 0 saturated heterocycles. The van der Waals surface area contributed by atoms with Gasteiger partial charge in [-0.3, -0.25) is 9.97 Å². The van der Waals surface area contributed by atoms with Gasteiger partial charge in [0.15, 0.2) is 0 Å². The zero-order valence-electron chi connectivity index (χ0n) is 9.15. The van der Waals surface area contributed by atoms with Gasteiger partial charge in [0, 0.05) is 22.5 Å². The normalized spacial score (nSPS) is 19.9. The van der Waals surface area contributed by atoms with Crippen LogP contribution >= 0.6 is 11.8 Å². The molecule has 1 aromatic carbocycles. The first-order valence-corrected chi connectivity index (χ1v) is 6.41. The van der Waals surface area contributed by atoms with E-state index in [-0.39, 0.29) is 5.25 Å². The van der Waals surface area contributed by atoms with Crippen LogP contribution in [0.2, 0.25) is 0 Å². The monoisotopic (exact) mass is 244 g/mol. The van der Waals surface area contributed by atoms with E-state index in [0.717, 1.165) is 6.42 Å². The Morgan fingerprint density at radius 3 is 2.94 bits per heavy atom. The Morgan fingerprint density at radius 2 is 2.18 bits per heavy atom. The van der Waals surface area contributed by atoms with Gasteiger partial charge in [-0.25, -0.2) is 0 Å². The Kier molecular flexibility index (Phi) is 2.82. The van der Waals surface area contributed by atoms with Gasteiger partial charge in [0.05, 0.1) is 11.9 Å². The summed E-state index contributed by atoms with van der Waals surface area (Å²) in [6, 6.07) is 8.29. The lowest BCUT2D eigenvalue weighted by molar-refractivity contribution is 0.170. The van der Waals surface area contributed by atoms with Crippen LogP contribution in [0, 0.1) is 0 Å². The fourth-order valence-corrected chi connectivity index (χ4v) is 3.36. The molecule has 2 aromatic rings. The predicted molar refractivity (Wildman–Crippen MR) is 66.8 cm³/mol. The molecule has 2 heterocycles. The van der Waals surface area contributed by atoms with Gasteiger partial charge in [-0.1, -0.05) is 18.2 Å². The molecule has 0 radical (unpaired) electrons. The minimum Gasteiger partial charge on any atom is -0.386 e. The molecule has 1 aliphatic heterocycles. The Hall–Kier alpha value is -1.39. The Labute approximate surface area is 104 Å². The van der Waals surface area contributed by atoms with Gasteiger partial charge in [0.25, 0.3) is 0 Å². The number of benzene rings is 1. The highest BCUT2D eigenvalue weighted by molar-refractivity contribution is 8.00. The number of hydrogen-bond donors (Lipinski definition) is 1. The van der Waals surface area contributed by atoms with Crippen LogP contribution in [0.1, 0.15) is 17.4 Å². The first kappa shape index (κ1) is 10.7. The van der Waals surface area contributed by atoms with Crippen LogP contribution in [-0.2, 0) is 6.42 Å². The molecular weight excluding hydrogens is 232 g/mol. The Bertz CT molecular complexity index is 493. The smallest absolute Gasteiger partial charge is 0.110 e. The van der Waals surface area contributed by atoms with Gasteiger partial charge in [-0.2, -0.15) is 0 Å². The second-order valence-electron chi connectivity index (χ2n) is 4.04. The molecule has 3 nitrogen and oxygen atoms in total. The van der Waals surface area contributed by atoms with Crippen molar-refractivity contribution in [3.8, 4) is 0 Å². The maximum atomic E-state index is 10.3. The van der Waals surface area contributed by atoms with E-state index in [4.69, 9.17) is 0 Å². The van der Waals surface area contributed by atoms with Crippen molar-refractivity contribution in [3.05, 3.63) is 54.1 Å². The second-order valence-corrected chi connectivity index (χ2v) is 5.32. The zero-order chi connectivity index (χ0) is 11.7. The average Bonchev–Trinajstić information content (AvgIpc) is 2.82. The van der Waals surface area contributed by atoms with Crippen LogP contribution < -0.4 is 0 Å². The number of fused-ring (bicyclic) bond motifs is 1. The fourth-order valence-electron chi connectivity index (χ4n) is 2.04. The molecule has 0 fully saturated rings. The number of aromatic nitrogens is 2. The summed E-state index contributed by atoms with van der Waals surface area (Å²) in [7, 11) is 0. The van der Waals surface area contributed by atoms with Crippen LogP contribution in [0.5, 0.6) is 0 Å². The van der Waals surface area contributed by atoms with Crippen LogP contribution in [0.4, 0.5) is 0 Å². The molecule has 0 spiro atoms. The van der Waals surface area contributed by atoms with Crippen LogP contribution in [-0.4, -0.2) is 20.3 Å². The van der Waals surface area contributed by atoms with E-state index in [1.807, 2.05) is 12.1 Å². The summed E-state index contributed by atoms with van der Waals surface area (Å²) >= 11 is 1.72. The first-order valence-electron chi connectivity index (χ1n) is 5.53. The van der Waals surface area contributed by atoms with Gasteiger partial charge in [-0.05, 0) is 18.1 Å². The number of nitrogens with zero attached hydrogens (tertiary/aromatic N) is 2. The number of aliphatic hydroxyl groups excluding tert-OH is 1. The molecule has 1 aliphatic rings. The summed E-state index contributed by atoms with van der Waals surface area (Å²) in [6.07, 6.45) is 5.20. The molecule has 0 aliphatic carbocycles. The lowest BCUT2D eigenvalue weighted by Crippen LogP contribution is -2.15. The van der Waals surface area contributed by atoms with Gasteiger partial charge < -0.3 is 5.11 Å². The third kappa shape index (κ3) is 2.06. The van der Waals surface area contributed by atoms with Crippen molar-refractivity contribution in [2.24, 2.45) is 0 Å². The van der Waals surface area contributed by atoms with Gasteiger partial charge in [-0.15, -0.1) is 11.8 Å². The van der Waals surface area contributed by atoms with E-state index < -0.39 is 6.10 Å². The van der Waals surface area contributed by atoms with Crippen molar-refractivity contribution in [3.63, 3.8) is 0 Å². The third-order valence-electron chi connectivity index (χ3n) is 2.91. The molecule has 2 atom stereocenters. The molecule has 0 bridgehead atoms. The molecule has 1 N–H and O–H groups in total. The summed E-state index contributed by atoms with van der Waals surface area (Å²) < 4.78 is 0. The van der Waals surface area contributed by atoms with E-state index in [0.29, 0.717) is 5.69 Å². The van der Waals surface area contributed by atoms with Crippen molar-refractivity contribution in [1.82, 2.24) is 9.97 Å². The number of thioether (sulfide) groups is 1. The van der Waals surface area contributed by atoms with E-state index >= 15 is 0 Å². The first-order chi connectivity index (χ1) is 8.34. The summed E-state index contributed by atoms with van der Waals surface area (Å²) in [6.45, 7) is 0. The number of hydrogen-bond acceptors (Lipinski definition) is 4. The lowest BCUT2D eigenvalue weighted by Gasteiger charge is -2.15. The highest BCUT2D eigenvalue weighted by atomic mass is 32.2. The van der Waals surface area contributed by atoms with Crippen LogP contribution in [0.15, 0.2) is 47.8 Å². The van der Waals surface area contributed by atoms with Gasteiger partial charge in [0.1, 0.15) is 6.10 Å². The van der Waals surface area contributed by atoms with E-state index in [1.54, 1.807) is 30.4 Å². The van der Waals surface area contributed by atoms with Gasteiger partial charge >= 0.3 is 0 Å². The summed E-state index contributed by atoms with van der Waals surface area (Å²) in [5.41, 5.74) is 1.96. The number of rotatable bonds is 2. The van der Waals surface area contributed by atoms with Crippen molar-refractivity contribution >= 4 is 11.8 Å². The second kappa shape index (κ2) is 4.47. The largest absolute Gasteiger partial charge is 0.386 e. The van der Waals surface area contributed by atoms with Crippen molar-refractivity contribution < 1.29 is 5.11 Å². The highest BCUT2D eigenvalue weighted by Gasteiger charge is 2.29. The van der Waals surface area contributed by atoms with Gasteiger partial charge in [0.2, 0.25) is 0 Å². The Balaban J connectivity index is 1.81. The molecule has 17 heavy (non-hydrogen) atoms. The van der Waals surface area contributed by atoms with E-state index in [2.05, 4.69) is 22.1 Å². The maximum absolute atomic E-state index is 10.3. The quantitative estimate of drug-likeness (QED) is 0.880. The van der Waals surface area contributed by atoms with Crippen LogP contribution in [0.25, 0.3) is 0 Å². The van der Waals surface area contributed by atoms with Crippen LogP contribution in [0.3, 0.4) is 0 Å². The molecule has 86 valence electrons. The SMILES string of the molecule is OC(c1cnccn1)C1Cc2ccccc2S1. The summed E-state index contributed by atoms with van der Waals surface area (Å²) in [5.74, 6) is 0. The molecule has 2 unspecified atom stereocenters. The zero-order valence-corrected chi connectivity index (χ0v) is 9.97. The van der Waals surface area contributed by atoms with Crippen molar-refractivity contribution in [2.75, 3.05) is 0 Å². The fraction of sp³-hybridized carbons (Fsp3) is 0.231. The van der Waals surface area contributed by atoms with Crippen molar-refractivity contribution in [2.45, 2.75) is 22.7 Å². The predicted octanol–water partition coefficient (Wildman–Crippen LogP) is 2.23. The molecule has 0 saturated carbocycles.